The summed E-state index contributed by atoms with van der Waals surface area (Å²) in [4.78, 5) is 19.5. The predicted molar refractivity (Wildman–Crippen MR) is 52.4 cm³/mol. The molecule has 0 atom stereocenters. The van der Waals surface area contributed by atoms with Crippen LogP contribution in [0.4, 0.5) is 11.4 Å². The molecule has 0 spiro atoms. The summed E-state index contributed by atoms with van der Waals surface area (Å²) in [6.07, 6.45) is 0. The number of aromatic nitrogens is 2. The van der Waals surface area contributed by atoms with Crippen molar-refractivity contribution in [2.24, 2.45) is 0 Å². The van der Waals surface area contributed by atoms with Crippen LogP contribution in [0.25, 0.3) is 11.0 Å². The molecule has 0 radical (unpaired) electrons. The van der Waals surface area contributed by atoms with Crippen molar-refractivity contribution in [3.63, 3.8) is 0 Å². The van der Waals surface area contributed by atoms with Crippen LogP contribution in [0.3, 0.4) is 0 Å². The maximum absolute atomic E-state index is 10.6. The zero-order valence-corrected chi connectivity index (χ0v) is 8.17. The predicted octanol–water partition coefficient (Wildman–Crippen LogP) is 1.21. The fourth-order valence-electron chi connectivity index (χ4n) is 1.18. The van der Waals surface area contributed by atoms with Gasteiger partial charge in [0.2, 0.25) is 5.75 Å². The van der Waals surface area contributed by atoms with Crippen molar-refractivity contribution in [2.75, 3.05) is 0 Å². The Morgan fingerprint density at radius 3 is 2.25 bits per heavy atom. The first-order valence-electron chi connectivity index (χ1n) is 3.79. The summed E-state index contributed by atoms with van der Waals surface area (Å²) in [6.45, 7) is 0. The summed E-state index contributed by atoms with van der Waals surface area (Å²) >= 11 is 0.632. The maximum Gasteiger partial charge on any atom is 0.320 e. The van der Waals surface area contributed by atoms with Gasteiger partial charge < -0.3 is 5.11 Å². The number of non-ortho nitro benzene ring substituents is 1. The highest BCUT2D eigenvalue weighted by molar-refractivity contribution is 7.00. The lowest BCUT2D eigenvalue weighted by atomic mass is 10.2. The highest BCUT2D eigenvalue weighted by Crippen LogP contribution is 2.38. The molecule has 16 heavy (non-hydrogen) atoms. The Balaban J connectivity index is 2.90. The minimum Gasteiger partial charge on any atom is -0.501 e. The Morgan fingerprint density at radius 1 is 1.12 bits per heavy atom. The SMILES string of the molecule is O=[N+]([O-])c1cc([N+](=O)[O-])c2nsnc2c1O. The van der Waals surface area contributed by atoms with E-state index in [4.69, 9.17) is 0 Å². The maximum atomic E-state index is 10.6. The molecule has 1 heterocycles. The highest BCUT2D eigenvalue weighted by Gasteiger charge is 2.28. The van der Waals surface area contributed by atoms with E-state index in [0.29, 0.717) is 17.8 Å². The number of phenolic OH excluding ortho intramolecular Hbond substituents is 1. The van der Waals surface area contributed by atoms with E-state index in [0.717, 1.165) is 0 Å². The van der Waals surface area contributed by atoms with E-state index in [1.54, 1.807) is 0 Å². The number of nitro benzene ring substituents is 2. The van der Waals surface area contributed by atoms with Crippen LogP contribution in [0.2, 0.25) is 0 Å². The molecule has 2 rings (SSSR count). The van der Waals surface area contributed by atoms with Gasteiger partial charge in [0.05, 0.1) is 21.6 Å². The third-order valence-corrected chi connectivity index (χ3v) is 2.39. The Hall–Kier alpha value is -2.36. The van der Waals surface area contributed by atoms with Gasteiger partial charge in [0.25, 0.3) is 0 Å². The Morgan fingerprint density at radius 2 is 1.69 bits per heavy atom. The van der Waals surface area contributed by atoms with Gasteiger partial charge in [0, 0.05) is 0 Å². The molecular weight excluding hydrogens is 240 g/mol. The first-order valence-corrected chi connectivity index (χ1v) is 4.52. The lowest BCUT2D eigenvalue weighted by Gasteiger charge is -1.96. The summed E-state index contributed by atoms with van der Waals surface area (Å²) in [5, 5.41) is 30.6. The number of hydrogen-bond donors (Lipinski definition) is 1. The number of fused-ring (bicyclic) bond motifs is 1. The zero-order chi connectivity index (χ0) is 11.9. The largest absolute Gasteiger partial charge is 0.501 e. The molecular formula is C6H2N4O5S. The van der Waals surface area contributed by atoms with E-state index >= 15 is 0 Å². The third kappa shape index (κ3) is 1.32. The topological polar surface area (TPSA) is 132 Å². The van der Waals surface area contributed by atoms with E-state index in [1.165, 1.54) is 0 Å². The highest BCUT2D eigenvalue weighted by atomic mass is 32.1. The second kappa shape index (κ2) is 3.34. The number of rotatable bonds is 2. The molecule has 1 aromatic heterocycles. The van der Waals surface area contributed by atoms with Crippen LogP contribution in [0.15, 0.2) is 6.07 Å². The van der Waals surface area contributed by atoms with Gasteiger partial charge in [0.1, 0.15) is 6.07 Å². The molecule has 0 unspecified atom stereocenters. The summed E-state index contributed by atoms with van der Waals surface area (Å²) in [5.41, 5.74) is -1.69. The van der Waals surface area contributed by atoms with E-state index in [-0.39, 0.29) is 11.0 Å². The molecule has 0 fully saturated rings. The lowest BCUT2D eigenvalue weighted by molar-refractivity contribution is -0.393. The molecule has 2 aromatic rings. The van der Waals surface area contributed by atoms with Gasteiger partial charge in [-0.15, -0.1) is 0 Å². The number of aromatic hydroxyl groups is 1. The van der Waals surface area contributed by atoms with Crippen LogP contribution in [0.5, 0.6) is 5.75 Å². The Bertz CT molecular complexity index is 608. The number of phenols is 1. The third-order valence-electron chi connectivity index (χ3n) is 1.86. The molecule has 0 saturated carbocycles. The molecule has 1 N–H and O–H groups in total. The second-order valence-electron chi connectivity index (χ2n) is 2.74. The molecule has 10 heteroatoms. The van der Waals surface area contributed by atoms with Gasteiger partial charge in [-0.3, -0.25) is 20.2 Å². The summed E-state index contributed by atoms with van der Waals surface area (Å²) < 4.78 is 7.18. The standard InChI is InChI=1S/C6H2N4O5S/c11-6-3(10(14)15)1-2(9(12)13)4-5(6)8-16-7-4/h1,11H. The van der Waals surface area contributed by atoms with E-state index in [2.05, 4.69) is 8.75 Å². The average molecular weight is 242 g/mol. The Labute approximate surface area is 90.6 Å². The monoisotopic (exact) mass is 242 g/mol. The normalized spacial score (nSPS) is 10.5. The molecule has 0 aliphatic rings. The van der Waals surface area contributed by atoms with Crippen LogP contribution >= 0.6 is 11.7 Å². The molecule has 0 bridgehead atoms. The Kier molecular flexibility index (Phi) is 2.12. The van der Waals surface area contributed by atoms with Gasteiger partial charge in [-0.1, -0.05) is 0 Å². The second-order valence-corrected chi connectivity index (χ2v) is 3.27. The van der Waals surface area contributed by atoms with Crippen LogP contribution in [0, 0.1) is 20.2 Å². The fraction of sp³-hybridized carbons (Fsp3) is 0. The number of nitrogens with zero attached hydrogens (tertiary/aromatic N) is 4. The van der Waals surface area contributed by atoms with Crippen molar-refractivity contribution in [1.82, 2.24) is 8.75 Å². The van der Waals surface area contributed by atoms with Crippen molar-refractivity contribution in [1.29, 1.82) is 0 Å². The number of benzene rings is 1. The molecule has 82 valence electrons. The first-order chi connectivity index (χ1) is 7.52. The van der Waals surface area contributed by atoms with E-state index in [1.807, 2.05) is 0 Å². The van der Waals surface area contributed by atoms with Gasteiger partial charge in [-0.05, 0) is 0 Å². The molecule has 0 amide bonds. The number of nitro groups is 2. The van der Waals surface area contributed by atoms with Gasteiger partial charge in [-0.25, -0.2) is 0 Å². The fourth-order valence-corrected chi connectivity index (χ4v) is 1.73. The minimum atomic E-state index is -0.916. The summed E-state index contributed by atoms with van der Waals surface area (Å²) in [6, 6.07) is 0.666. The van der Waals surface area contributed by atoms with Crippen molar-refractivity contribution >= 4 is 34.1 Å². The van der Waals surface area contributed by atoms with Crippen LogP contribution < -0.4 is 0 Å². The van der Waals surface area contributed by atoms with Gasteiger partial charge in [0.15, 0.2) is 11.0 Å². The van der Waals surface area contributed by atoms with Crippen molar-refractivity contribution in [2.45, 2.75) is 0 Å². The van der Waals surface area contributed by atoms with E-state index in [9.17, 15) is 25.3 Å². The van der Waals surface area contributed by atoms with Crippen molar-refractivity contribution in [3.8, 4) is 5.75 Å². The van der Waals surface area contributed by atoms with Crippen LogP contribution in [0.1, 0.15) is 0 Å². The molecule has 1 aromatic carbocycles. The quantitative estimate of drug-likeness (QED) is 0.618. The average Bonchev–Trinajstić information content (AvgIpc) is 2.66. The van der Waals surface area contributed by atoms with Gasteiger partial charge in [-0.2, -0.15) is 8.75 Å². The summed E-state index contributed by atoms with van der Waals surface area (Å²) in [5.74, 6) is -0.709. The summed E-state index contributed by atoms with van der Waals surface area (Å²) in [7, 11) is 0. The van der Waals surface area contributed by atoms with Crippen LogP contribution in [-0.4, -0.2) is 23.7 Å². The smallest absolute Gasteiger partial charge is 0.320 e. The molecule has 0 aliphatic heterocycles. The first kappa shape index (κ1) is 10.2. The van der Waals surface area contributed by atoms with Crippen molar-refractivity contribution in [3.05, 3.63) is 26.3 Å². The molecule has 0 saturated heterocycles. The zero-order valence-electron chi connectivity index (χ0n) is 7.35. The van der Waals surface area contributed by atoms with Gasteiger partial charge >= 0.3 is 11.4 Å². The van der Waals surface area contributed by atoms with E-state index < -0.39 is 27.0 Å². The molecule has 9 nitrogen and oxygen atoms in total. The molecule has 0 aliphatic carbocycles. The van der Waals surface area contributed by atoms with Crippen molar-refractivity contribution < 1.29 is 15.0 Å². The lowest BCUT2D eigenvalue weighted by Crippen LogP contribution is -1.94. The number of hydrogen-bond acceptors (Lipinski definition) is 8. The minimum absolute atomic E-state index is 0.155. The van der Waals surface area contributed by atoms with Crippen LogP contribution in [-0.2, 0) is 0 Å².